The molecular formula is C20H14ClFN4O. The molecule has 4 rings (SSSR count). The van der Waals surface area contributed by atoms with E-state index >= 15 is 0 Å². The maximum Gasteiger partial charge on any atom is 0.251 e. The average Bonchev–Trinajstić information content (AvgIpc) is 3.21. The molecular weight excluding hydrogens is 367 g/mol. The van der Waals surface area contributed by atoms with Crippen LogP contribution in [0.5, 0.6) is 0 Å². The van der Waals surface area contributed by atoms with E-state index in [1.165, 1.54) is 12.3 Å². The third-order valence-corrected chi connectivity index (χ3v) is 4.50. The van der Waals surface area contributed by atoms with Crippen molar-refractivity contribution < 1.29 is 9.18 Å². The summed E-state index contributed by atoms with van der Waals surface area (Å²) in [5.74, 6) is -0.00467. The van der Waals surface area contributed by atoms with Crippen molar-refractivity contribution >= 4 is 28.3 Å². The van der Waals surface area contributed by atoms with Crippen LogP contribution in [0.4, 0.5) is 4.39 Å². The molecule has 0 saturated heterocycles. The van der Waals surface area contributed by atoms with Crippen molar-refractivity contribution in [2.45, 2.75) is 6.54 Å². The first-order chi connectivity index (χ1) is 13.1. The maximum atomic E-state index is 14.3. The molecule has 134 valence electrons. The van der Waals surface area contributed by atoms with Crippen LogP contribution >= 0.6 is 11.6 Å². The molecule has 0 atom stereocenters. The van der Waals surface area contributed by atoms with Gasteiger partial charge >= 0.3 is 0 Å². The summed E-state index contributed by atoms with van der Waals surface area (Å²) in [5, 5.41) is 4.54. The van der Waals surface area contributed by atoms with E-state index in [0.29, 0.717) is 38.4 Å². The minimum atomic E-state index is -0.388. The van der Waals surface area contributed by atoms with Gasteiger partial charge in [-0.15, -0.1) is 0 Å². The highest BCUT2D eigenvalue weighted by molar-refractivity contribution is 6.35. The molecule has 7 heteroatoms. The molecule has 1 amide bonds. The van der Waals surface area contributed by atoms with Crippen LogP contribution in [0.3, 0.4) is 0 Å². The van der Waals surface area contributed by atoms with Gasteiger partial charge in [-0.25, -0.2) is 9.37 Å². The zero-order chi connectivity index (χ0) is 18.8. The number of aromatic amines is 1. The molecule has 0 fully saturated rings. The fourth-order valence-corrected chi connectivity index (χ4v) is 3.09. The Morgan fingerprint density at radius 2 is 2.00 bits per heavy atom. The molecule has 2 N–H and O–H groups in total. The predicted molar refractivity (Wildman–Crippen MR) is 102 cm³/mol. The third-order valence-electron chi connectivity index (χ3n) is 4.20. The van der Waals surface area contributed by atoms with Gasteiger partial charge in [0.15, 0.2) is 0 Å². The zero-order valence-electron chi connectivity index (χ0n) is 14.0. The second-order valence-corrected chi connectivity index (χ2v) is 6.32. The third kappa shape index (κ3) is 3.39. The van der Waals surface area contributed by atoms with Crippen LogP contribution in [0.2, 0.25) is 5.02 Å². The maximum absolute atomic E-state index is 14.3. The van der Waals surface area contributed by atoms with E-state index in [4.69, 9.17) is 11.6 Å². The molecule has 0 spiro atoms. The molecule has 2 aromatic carbocycles. The first kappa shape index (κ1) is 17.2. The number of carbonyl (C=O) groups excluding carboxylic acids is 1. The SMILES string of the molecule is O=C(NCc1ncc[nH]1)c1ccc2c(Cl)cnc(-c3ccccc3F)c2c1. The smallest absolute Gasteiger partial charge is 0.251 e. The summed E-state index contributed by atoms with van der Waals surface area (Å²) in [6.07, 6.45) is 4.79. The highest BCUT2D eigenvalue weighted by Crippen LogP contribution is 2.32. The summed E-state index contributed by atoms with van der Waals surface area (Å²) in [7, 11) is 0. The number of amides is 1. The molecule has 2 heterocycles. The molecule has 4 aromatic rings. The van der Waals surface area contributed by atoms with Gasteiger partial charge in [-0.3, -0.25) is 9.78 Å². The number of imidazole rings is 1. The van der Waals surface area contributed by atoms with Crippen molar-refractivity contribution in [3.8, 4) is 11.3 Å². The molecule has 0 bridgehead atoms. The number of benzene rings is 2. The second-order valence-electron chi connectivity index (χ2n) is 5.91. The summed E-state index contributed by atoms with van der Waals surface area (Å²) < 4.78 is 14.3. The number of rotatable bonds is 4. The van der Waals surface area contributed by atoms with Gasteiger partial charge in [0, 0.05) is 40.5 Å². The quantitative estimate of drug-likeness (QED) is 0.553. The lowest BCUT2D eigenvalue weighted by Gasteiger charge is -2.10. The summed E-state index contributed by atoms with van der Waals surface area (Å²) in [6.45, 7) is 0.276. The topological polar surface area (TPSA) is 70.7 Å². The highest BCUT2D eigenvalue weighted by Gasteiger charge is 2.15. The minimum absolute atomic E-state index is 0.271. The molecule has 27 heavy (non-hydrogen) atoms. The fraction of sp³-hybridized carbons (Fsp3) is 0.0500. The molecule has 0 unspecified atom stereocenters. The molecule has 2 aromatic heterocycles. The van der Waals surface area contributed by atoms with Crippen LogP contribution < -0.4 is 5.32 Å². The summed E-state index contributed by atoms with van der Waals surface area (Å²) >= 11 is 6.25. The monoisotopic (exact) mass is 380 g/mol. The van der Waals surface area contributed by atoms with Gasteiger partial charge in [-0.2, -0.15) is 0 Å². The number of fused-ring (bicyclic) bond motifs is 1. The van der Waals surface area contributed by atoms with Crippen molar-refractivity contribution in [1.82, 2.24) is 20.3 Å². The molecule has 0 aliphatic heterocycles. The van der Waals surface area contributed by atoms with Crippen molar-refractivity contribution in [3.05, 3.63) is 83.3 Å². The van der Waals surface area contributed by atoms with E-state index in [1.54, 1.807) is 48.8 Å². The lowest BCUT2D eigenvalue weighted by atomic mass is 10.0. The van der Waals surface area contributed by atoms with E-state index in [-0.39, 0.29) is 18.3 Å². The first-order valence-electron chi connectivity index (χ1n) is 8.23. The number of nitrogens with zero attached hydrogens (tertiary/aromatic N) is 2. The minimum Gasteiger partial charge on any atom is -0.347 e. The Bertz CT molecular complexity index is 1130. The first-order valence-corrected chi connectivity index (χ1v) is 8.61. The van der Waals surface area contributed by atoms with E-state index < -0.39 is 0 Å². The number of carbonyl (C=O) groups is 1. The number of pyridine rings is 1. The second kappa shape index (κ2) is 7.17. The number of H-pyrrole nitrogens is 1. The number of aromatic nitrogens is 3. The van der Waals surface area contributed by atoms with Crippen LogP contribution in [0.1, 0.15) is 16.2 Å². The zero-order valence-corrected chi connectivity index (χ0v) is 14.8. The number of nitrogens with one attached hydrogen (secondary N) is 2. The van der Waals surface area contributed by atoms with Crippen molar-refractivity contribution in [2.75, 3.05) is 0 Å². The largest absolute Gasteiger partial charge is 0.347 e. The Morgan fingerprint density at radius 1 is 1.15 bits per heavy atom. The Balaban J connectivity index is 1.75. The van der Waals surface area contributed by atoms with Crippen LogP contribution in [0.25, 0.3) is 22.0 Å². The van der Waals surface area contributed by atoms with Gasteiger partial charge in [0.25, 0.3) is 5.91 Å². The summed E-state index contributed by atoms with van der Waals surface area (Å²) in [5.41, 5.74) is 1.22. The molecule has 0 aliphatic rings. The van der Waals surface area contributed by atoms with Gasteiger partial charge in [0.05, 0.1) is 17.3 Å². The van der Waals surface area contributed by atoms with E-state index in [2.05, 4.69) is 20.3 Å². The standard InChI is InChI=1S/C20H14ClFN4O/c21-16-10-25-19(14-3-1-2-4-17(14)22)15-9-12(5-6-13(15)16)20(27)26-11-18-23-7-8-24-18/h1-10H,11H2,(H,23,24)(H,26,27). The Labute approximate surface area is 159 Å². The lowest BCUT2D eigenvalue weighted by molar-refractivity contribution is 0.0950. The molecule has 0 radical (unpaired) electrons. The normalized spacial score (nSPS) is 10.9. The van der Waals surface area contributed by atoms with Crippen LogP contribution in [0.15, 0.2) is 61.1 Å². The van der Waals surface area contributed by atoms with Gasteiger partial charge in [0.2, 0.25) is 0 Å². The molecule has 0 aliphatic carbocycles. The predicted octanol–water partition coefficient (Wildman–Crippen LogP) is 4.35. The van der Waals surface area contributed by atoms with E-state index in [0.717, 1.165) is 0 Å². The van der Waals surface area contributed by atoms with Crippen molar-refractivity contribution in [1.29, 1.82) is 0 Å². The van der Waals surface area contributed by atoms with Crippen LogP contribution in [-0.4, -0.2) is 20.9 Å². The highest BCUT2D eigenvalue weighted by atomic mass is 35.5. The van der Waals surface area contributed by atoms with Gasteiger partial charge in [-0.05, 0) is 24.3 Å². The van der Waals surface area contributed by atoms with Crippen molar-refractivity contribution in [3.63, 3.8) is 0 Å². The number of halogens is 2. The summed E-state index contributed by atoms with van der Waals surface area (Å²) in [4.78, 5) is 23.8. The Morgan fingerprint density at radius 3 is 2.78 bits per heavy atom. The van der Waals surface area contributed by atoms with E-state index in [1.807, 2.05) is 0 Å². The Kier molecular flexibility index (Phi) is 4.56. The number of hydrogen-bond donors (Lipinski definition) is 2. The average molecular weight is 381 g/mol. The molecule has 5 nitrogen and oxygen atoms in total. The van der Waals surface area contributed by atoms with Crippen LogP contribution in [-0.2, 0) is 6.54 Å². The van der Waals surface area contributed by atoms with Gasteiger partial charge < -0.3 is 10.3 Å². The van der Waals surface area contributed by atoms with Gasteiger partial charge in [0.1, 0.15) is 11.6 Å². The fourth-order valence-electron chi connectivity index (χ4n) is 2.88. The number of hydrogen-bond acceptors (Lipinski definition) is 3. The van der Waals surface area contributed by atoms with Crippen LogP contribution in [0, 0.1) is 5.82 Å². The van der Waals surface area contributed by atoms with Gasteiger partial charge in [-0.1, -0.05) is 29.8 Å². The molecule has 0 saturated carbocycles. The van der Waals surface area contributed by atoms with Crippen molar-refractivity contribution in [2.24, 2.45) is 0 Å². The van der Waals surface area contributed by atoms with E-state index in [9.17, 15) is 9.18 Å². The Hall–Kier alpha value is -3.25. The summed E-state index contributed by atoms with van der Waals surface area (Å²) in [6, 6.07) is 11.5. The lowest BCUT2D eigenvalue weighted by Crippen LogP contribution is -2.23.